The molecule has 0 spiro atoms. The lowest BCUT2D eigenvalue weighted by Gasteiger charge is -2.20. The number of aliphatic hydroxyl groups excluding tert-OH is 1. The predicted octanol–water partition coefficient (Wildman–Crippen LogP) is 1.53. The summed E-state index contributed by atoms with van der Waals surface area (Å²) >= 11 is 0. The van der Waals surface area contributed by atoms with Gasteiger partial charge in [-0.1, -0.05) is 6.92 Å². The summed E-state index contributed by atoms with van der Waals surface area (Å²) in [6.45, 7) is 8.34. The van der Waals surface area contributed by atoms with Gasteiger partial charge in [0, 0.05) is 13.2 Å². The van der Waals surface area contributed by atoms with Gasteiger partial charge in [0.05, 0.1) is 0 Å². The predicted molar refractivity (Wildman–Crippen MR) is 57.5 cm³/mol. The number of carbonyl (C=O) groups excluding carboxylic acids is 1. The van der Waals surface area contributed by atoms with Crippen LogP contribution in [0, 0.1) is 11.3 Å². The first-order valence-electron chi connectivity index (χ1n) is 5.34. The zero-order valence-electron chi connectivity index (χ0n) is 9.96. The number of hydrogen-bond donors (Lipinski definition) is 2. The summed E-state index contributed by atoms with van der Waals surface area (Å²) < 4.78 is 5.12. The van der Waals surface area contributed by atoms with Gasteiger partial charge in [0.2, 0.25) is 0 Å². The van der Waals surface area contributed by atoms with Crippen LogP contribution in [0.3, 0.4) is 0 Å². The van der Waals surface area contributed by atoms with Crippen molar-refractivity contribution in [3.8, 4) is 0 Å². The number of hydrogen-bond acceptors (Lipinski definition) is 3. The fourth-order valence-electron chi connectivity index (χ4n) is 1.59. The van der Waals surface area contributed by atoms with Crippen molar-refractivity contribution in [3.63, 3.8) is 0 Å². The molecule has 88 valence electrons. The topological polar surface area (TPSA) is 58.6 Å². The standard InChI is InChI=1S/C11H21NO3/c1-10(2,3)15-9(14)12-7-11(4)5-8(11)6-13/h8,13H,5-7H2,1-4H3,(H,12,14). The van der Waals surface area contributed by atoms with Crippen LogP contribution < -0.4 is 5.32 Å². The molecule has 0 aromatic carbocycles. The number of alkyl carbamates (subject to hydrolysis) is 1. The molecule has 0 aliphatic heterocycles. The van der Waals surface area contributed by atoms with Crippen molar-refractivity contribution in [2.45, 2.75) is 39.7 Å². The monoisotopic (exact) mass is 215 g/mol. The minimum Gasteiger partial charge on any atom is -0.444 e. The number of rotatable bonds is 3. The second-order valence-electron chi connectivity index (χ2n) is 5.59. The maximum absolute atomic E-state index is 11.3. The second-order valence-corrected chi connectivity index (χ2v) is 5.59. The van der Waals surface area contributed by atoms with Crippen LogP contribution in [0.1, 0.15) is 34.1 Å². The Morgan fingerprint density at radius 3 is 2.60 bits per heavy atom. The Labute approximate surface area is 91.0 Å². The Hall–Kier alpha value is -0.770. The largest absolute Gasteiger partial charge is 0.444 e. The Morgan fingerprint density at radius 1 is 1.60 bits per heavy atom. The first-order chi connectivity index (χ1) is 6.77. The highest BCUT2D eigenvalue weighted by Gasteiger charge is 2.49. The number of amides is 1. The molecule has 15 heavy (non-hydrogen) atoms. The number of ether oxygens (including phenoxy) is 1. The summed E-state index contributed by atoms with van der Waals surface area (Å²) in [5, 5.41) is 11.7. The van der Waals surface area contributed by atoms with Gasteiger partial charge in [0.25, 0.3) is 0 Å². The molecule has 0 radical (unpaired) electrons. The smallest absolute Gasteiger partial charge is 0.407 e. The first kappa shape index (κ1) is 12.3. The molecule has 0 aromatic rings. The molecule has 4 heteroatoms. The second kappa shape index (κ2) is 4.00. The molecule has 1 amide bonds. The Kier molecular flexibility index (Phi) is 3.28. The summed E-state index contributed by atoms with van der Waals surface area (Å²) in [5.74, 6) is 0.326. The van der Waals surface area contributed by atoms with E-state index in [4.69, 9.17) is 9.84 Å². The van der Waals surface area contributed by atoms with Crippen LogP contribution in [0.4, 0.5) is 4.79 Å². The highest BCUT2D eigenvalue weighted by molar-refractivity contribution is 5.67. The normalized spacial score (nSPS) is 29.8. The molecule has 1 fully saturated rings. The van der Waals surface area contributed by atoms with Gasteiger partial charge in [-0.05, 0) is 38.5 Å². The lowest BCUT2D eigenvalue weighted by Crippen LogP contribution is -2.35. The van der Waals surface area contributed by atoms with Crippen LogP contribution in [-0.2, 0) is 4.74 Å². The lowest BCUT2D eigenvalue weighted by molar-refractivity contribution is 0.0514. The third-order valence-electron chi connectivity index (χ3n) is 2.79. The van der Waals surface area contributed by atoms with Gasteiger partial charge in [-0.3, -0.25) is 0 Å². The molecule has 1 saturated carbocycles. The number of nitrogens with one attached hydrogen (secondary N) is 1. The minimum atomic E-state index is -0.453. The van der Waals surface area contributed by atoms with Crippen molar-refractivity contribution >= 4 is 6.09 Å². The average Bonchev–Trinajstić information content (AvgIpc) is 2.72. The minimum absolute atomic E-state index is 0.0612. The van der Waals surface area contributed by atoms with E-state index in [1.54, 1.807) is 0 Å². The Morgan fingerprint density at radius 2 is 2.20 bits per heavy atom. The van der Waals surface area contributed by atoms with E-state index in [0.29, 0.717) is 12.5 Å². The fraction of sp³-hybridized carbons (Fsp3) is 0.909. The molecule has 4 nitrogen and oxygen atoms in total. The highest BCUT2D eigenvalue weighted by Crippen LogP contribution is 2.51. The molecule has 0 saturated heterocycles. The zero-order chi connectivity index (χ0) is 11.7. The van der Waals surface area contributed by atoms with Crippen molar-refractivity contribution in [2.24, 2.45) is 11.3 Å². The van der Waals surface area contributed by atoms with Crippen LogP contribution in [-0.4, -0.2) is 30.0 Å². The van der Waals surface area contributed by atoms with Crippen molar-refractivity contribution in [2.75, 3.05) is 13.2 Å². The molecular weight excluding hydrogens is 194 g/mol. The zero-order valence-corrected chi connectivity index (χ0v) is 9.96. The molecule has 0 heterocycles. The summed E-state index contributed by atoms with van der Waals surface area (Å²) in [6.07, 6.45) is 0.589. The van der Waals surface area contributed by atoms with E-state index in [-0.39, 0.29) is 18.1 Å². The quantitative estimate of drug-likeness (QED) is 0.750. The van der Waals surface area contributed by atoms with E-state index in [2.05, 4.69) is 12.2 Å². The van der Waals surface area contributed by atoms with E-state index in [9.17, 15) is 4.79 Å². The molecule has 1 rings (SSSR count). The highest BCUT2D eigenvalue weighted by atomic mass is 16.6. The van der Waals surface area contributed by atoms with Crippen molar-refractivity contribution in [1.82, 2.24) is 5.32 Å². The van der Waals surface area contributed by atoms with Crippen LogP contribution in [0.5, 0.6) is 0 Å². The van der Waals surface area contributed by atoms with E-state index in [1.165, 1.54) is 0 Å². The SMILES string of the molecule is CC(C)(C)OC(=O)NCC1(C)CC1CO. The Bertz CT molecular complexity index is 247. The van der Waals surface area contributed by atoms with Crippen molar-refractivity contribution in [1.29, 1.82) is 0 Å². The molecule has 1 aliphatic carbocycles. The van der Waals surface area contributed by atoms with Gasteiger partial charge in [-0.25, -0.2) is 4.79 Å². The summed E-state index contributed by atoms with van der Waals surface area (Å²) in [7, 11) is 0. The lowest BCUT2D eigenvalue weighted by atomic mass is 10.1. The van der Waals surface area contributed by atoms with Gasteiger partial charge in [-0.15, -0.1) is 0 Å². The third kappa shape index (κ3) is 3.70. The molecule has 2 atom stereocenters. The molecule has 2 unspecified atom stereocenters. The molecule has 1 aliphatic rings. The van der Waals surface area contributed by atoms with Crippen LogP contribution in [0.25, 0.3) is 0 Å². The van der Waals surface area contributed by atoms with Gasteiger partial charge >= 0.3 is 6.09 Å². The molecule has 2 N–H and O–H groups in total. The van der Waals surface area contributed by atoms with Crippen LogP contribution in [0.2, 0.25) is 0 Å². The Balaban J connectivity index is 2.24. The van der Waals surface area contributed by atoms with E-state index >= 15 is 0 Å². The maximum Gasteiger partial charge on any atom is 0.407 e. The van der Waals surface area contributed by atoms with E-state index in [0.717, 1.165) is 6.42 Å². The maximum atomic E-state index is 11.3. The van der Waals surface area contributed by atoms with Gasteiger partial charge in [-0.2, -0.15) is 0 Å². The van der Waals surface area contributed by atoms with Gasteiger partial charge in [0.1, 0.15) is 5.60 Å². The van der Waals surface area contributed by atoms with Crippen LogP contribution in [0.15, 0.2) is 0 Å². The van der Waals surface area contributed by atoms with Crippen LogP contribution >= 0.6 is 0 Å². The summed E-state index contributed by atoms with van der Waals surface area (Å²) in [6, 6.07) is 0. The number of aliphatic hydroxyl groups is 1. The third-order valence-corrected chi connectivity index (χ3v) is 2.79. The van der Waals surface area contributed by atoms with Gasteiger partial charge in [0.15, 0.2) is 0 Å². The van der Waals surface area contributed by atoms with Crippen molar-refractivity contribution in [3.05, 3.63) is 0 Å². The molecule has 0 bridgehead atoms. The molecule has 0 aromatic heterocycles. The van der Waals surface area contributed by atoms with Gasteiger partial charge < -0.3 is 15.2 Å². The molecular formula is C11H21NO3. The van der Waals surface area contributed by atoms with E-state index < -0.39 is 5.60 Å². The summed E-state index contributed by atoms with van der Waals surface area (Å²) in [4.78, 5) is 11.3. The first-order valence-corrected chi connectivity index (χ1v) is 5.34. The summed E-state index contributed by atoms with van der Waals surface area (Å²) in [5.41, 5.74) is -0.392. The van der Waals surface area contributed by atoms with E-state index in [1.807, 2.05) is 20.8 Å². The number of carbonyl (C=O) groups is 1. The van der Waals surface area contributed by atoms with Crippen molar-refractivity contribution < 1.29 is 14.6 Å². The fourth-order valence-corrected chi connectivity index (χ4v) is 1.59. The average molecular weight is 215 g/mol.